The molecule has 3 rings (SSSR count). The summed E-state index contributed by atoms with van der Waals surface area (Å²) in [5.41, 5.74) is 2.46. The van der Waals surface area contributed by atoms with Crippen LogP contribution in [-0.2, 0) is 0 Å². The summed E-state index contributed by atoms with van der Waals surface area (Å²) in [6.45, 7) is 5.06. The minimum atomic E-state index is -0.429. The van der Waals surface area contributed by atoms with E-state index in [1.807, 2.05) is 36.1 Å². The molecule has 1 aromatic carbocycles. The molecule has 1 amide bonds. The van der Waals surface area contributed by atoms with Crippen molar-refractivity contribution < 1.29 is 9.72 Å². The third-order valence-electron chi connectivity index (χ3n) is 4.71. The first-order valence-corrected chi connectivity index (χ1v) is 8.67. The molecular weight excluding hydrogens is 332 g/mol. The third-order valence-corrected chi connectivity index (χ3v) is 4.71. The van der Waals surface area contributed by atoms with Crippen molar-refractivity contribution in [2.24, 2.45) is 0 Å². The highest BCUT2D eigenvalue weighted by Crippen LogP contribution is 2.22. The highest BCUT2D eigenvalue weighted by atomic mass is 16.6. The zero-order chi connectivity index (χ0) is 18.7. The van der Waals surface area contributed by atoms with Crippen LogP contribution >= 0.6 is 0 Å². The number of likely N-dealkylation sites (tertiary alicyclic amines) is 1. The Bertz CT molecular complexity index is 812. The zero-order valence-corrected chi connectivity index (χ0v) is 14.9. The minimum absolute atomic E-state index is 0.0223. The number of nitro groups is 1. The second kappa shape index (κ2) is 7.51. The van der Waals surface area contributed by atoms with E-state index in [0.717, 1.165) is 24.0 Å². The summed E-state index contributed by atoms with van der Waals surface area (Å²) in [6, 6.07) is 9.53. The number of anilines is 1. The molecule has 1 aromatic heterocycles. The smallest absolute Gasteiger partial charge is 0.290 e. The molecule has 7 heteroatoms. The molecule has 1 fully saturated rings. The van der Waals surface area contributed by atoms with E-state index in [4.69, 9.17) is 0 Å². The fourth-order valence-corrected chi connectivity index (χ4v) is 3.13. The van der Waals surface area contributed by atoms with Gasteiger partial charge < -0.3 is 10.2 Å². The predicted octanol–water partition coefficient (Wildman–Crippen LogP) is 3.32. The van der Waals surface area contributed by atoms with Gasteiger partial charge >= 0.3 is 0 Å². The topological polar surface area (TPSA) is 88.4 Å². The number of hydrogen-bond acceptors (Lipinski definition) is 5. The normalized spacial score (nSPS) is 14.9. The fraction of sp³-hybridized carbons (Fsp3) is 0.368. The van der Waals surface area contributed by atoms with Crippen LogP contribution < -0.4 is 5.32 Å². The Kier molecular flexibility index (Phi) is 5.16. The van der Waals surface area contributed by atoms with Crippen molar-refractivity contribution in [2.45, 2.75) is 32.7 Å². The number of aromatic nitrogens is 1. The summed E-state index contributed by atoms with van der Waals surface area (Å²) in [6.07, 6.45) is 2.92. The fourth-order valence-electron chi connectivity index (χ4n) is 3.13. The number of benzene rings is 1. The lowest BCUT2D eigenvalue weighted by Crippen LogP contribution is -2.42. The van der Waals surface area contributed by atoms with Crippen molar-refractivity contribution in [3.63, 3.8) is 0 Å². The molecule has 2 heterocycles. The number of nitrogens with one attached hydrogen (secondary N) is 1. The highest BCUT2D eigenvalue weighted by molar-refractivity contribution is 5.94. The molecule has 0 unspecified atom stereocenters. The number of amides is 1. The number of pyridine rings is 1. The summed E-state index contributed by atoms with van der Waals surface area (Å²) in [4.78, 5) is 29.0. The van der Waals surface area contributed by atoms with Crippen LogP contribution in [0.4, 0.5) is 11.5 Å². The number of aryl methyl sites for hydroxylation is 2. The summed E-state index contributed by atoms with van der Waals surface area (Å²) in [5.74, 6) is 0.698. The van der Waals surface area contributed by atoms with Gasteiger partial charge in [-0.3, -0.25) is 14.9 Å². The van der Waals surface area contributed by atoms with E-state index >= 15 is 0 Å². The van der Waals surface area contributed by atoms with Crippen LogP contribution in [-0.4, -0.2) is 39.8 Å². The lowest BCUT2D eigenvalue weighted by Gasteiger charge is -2.32. The number of rotatable bonds is 4. The van der Waals surface area contributed by atoms with Crippen LogP contribution in [0.15, 0.2) is 36.5 Å². The number of nitrogens with zero attached hydrogens (tertiary/aromatic N) is 3. The summed E-state index contributed by atoms with van der Waals surface area (Å²) < 4.78 is 0. The first-order chi connectivity index (χ1) is 12.4. The monoisotopic (exact) mass is 354 g/mol. The average Bonchev–Trinajstić information content (AvgIpc) is 2.62. The van der Waals surface area contributed by atoms with Gasteiger partial charge in [-0.05, 0) is 44.9 Å². The Morgan fingerprint density at radius 3 is 2.46 bits per heavy atom. The molecule has 0 atom stereocenters. The summed E-state index contributed by atoms with van der Waals surface area (Å²) in [7, 11) is 0. The van der Waals surface area contributed by atoms with E-state index in [-0.39, 0.29) is 17.6 Å². The van der Waals surface area contributed by atoms with Gasteiger partial charge in [-0.1, -0.05) is 17.7 Å². The average molecular weight is 354 g/mol. The van der Waals surface area contributed by atoms with E-state index in [2.05, 4.69) is 10.3 Å². The van der Waals surface area contributed by atoms with Gasteiger partial charge in [-0.15, -0.1) is 0 Å². The van der Waals surface area contributed by atoms with Crippen molar-refractivity contribution in [1.82, 2.24) is 9.88 Å². The van der Waals surface area contributed by atoms with Crippen LogP contribution in [0.25, 0.3) is 0 Å². The number of carbonyl (C=O) groups is 1. The first kappa shape index (κ1) is 17.8. The lowest BCUT2D eigenvalue weighted by molar-refractivity contribution is -0.385. The quantitative estimate of drug-likeness (QED) is 0.672. The molecule has 2 aromatic rings. The Hall–Kier alpha value is -2.96. The van der Waals surface area contributed by atoms with Crippen molar-refractivity contribution in [1.29, 1.82) is 0 Å². The number of piperidine rings is 1. The zero-order valence-electron chi connectivity index (χ0n) is 14.9. The summed E-state index contributed by atoms with van der Waals surface area (Å²) >= 11 is 0. The van der Waals surface area contributed by atoms with Gasteiger partial charge in [0.1, 0.15) is 12.0 Å². The molecule has 0 radical (unpaired) electrons. The Labute approximate surface area is 152 Å². The Balaban J connectivity index is 1.57. The van der Waals surface area contributed by atoms with Crippen LogP contribution in [0.2, 0.25) is 0 Å². The van der Waals surface area contributed by atoms with Crippen molar-refractivity contribution in [3.8, 4) is 0 Å². The molecule has 0 spiro atoms. The van der Waals surface area contributed by atoms with Gasteiger partial charge in [0.15, 0.2) is 0 Å². The van der Waals surface area contributed by atoms with Crippen LogP contribution in [0.3, 0.4) is 0 Å². The first-order valence-electron chi connectivity index (χ1n) is 8.67. The number of hydrogen-bond donors (Lipinski definition) is 1. The molecule has 0 aliphatic carbocycles. The van der Waals surface area contributed by atoms with E-state index < -0.39 is 4.92 Å². The second-order valence-corrected chi connectivity index (χ2v) is 6.69. The molecule has 136 valence electrons. The highest BCUT2D eigenvalue weighted by Gasteiger charge is 2.24. The van der Waals surface area contributed by atoms with Gasteiger partial charge in [-0.2, -0.15) is 0 Å². The van der Waals surface area contributed by atoms with E-state index in [0.29, 0.717) is 24.5 Å². The molecule has 26 heavy (non-hydrogen) atoms. The number of carbonyl (C=O) groups excluding carboxylic acids is 1. The predicted molar refractivity (Wildman–Crippen MR) is 99.4 cm³/mol. The SMILES string of the molecule is Cc1ccc(C(=O)N2CCC(Nc3cc(C)c([N+](=O)[O-])cn3)CC2)cc1. The van der Waals surface area contributed by atoms with Crippen molar-refractivity contribution in [3.05, 3.63) is 63.3 Å². The van der Waals surface area contributed by atoms with Gasteiger partial charge in [0.25, 0.3) is 11.6 Å². The van der Waals surface area contributed by atoms with Crippen molar-refractivity contribution in [2.75, 3.05) is 18.4 Å². The molecule has 1 N–H and O–H groups in total. The van der Waals surface area contributed by atoms with Crippen molar-refractivity contribution >= 4 is 17.4 Å². The molecule has 1 saturated heterocycles. The van der Waals surface area contributed by atoms with Gasteiger partial charge in [0.05, 0.1) is 4.92 Å². The molecule has 1 aliphatic rings. The van der Waals surface area contributed by atoms with Crippen LogP contribution in [0.1, 0.15) is 34.3 Å². The maximum absolute atomic E-state index is 12.6. The third kappa shape index (κ3) is 3.99. The van der Waals surface area contributed by atoms with Gasteiger partial charge in [0, 0.05) is 30.3 Å². The van der Waals surface area contributed by atoms with E-state index in [1.165, 1.54) is 6.20 Å². The lowest BCUT2D eigenvalue weighted by atomic mass is 10.0. The van der Waals surface area contributed by atoms with Crippen LogP contribution in [0, 0.1) is 24.0 Å². The van der Waals surface area contributed by atoms with Gasteiger partial charge in [-0.25, -0.2) is 4.98 Å². The van der Waals surface area contributed by atoms with Crippen LogP contribution in [0.5, 0.6) is 0 Å². The molecular formula is C19H22N4O3. The minimum Gasteiger partial charge on any atom is -0.367 e. The standard InChI is InChI=1S/C19H22N4O3/c1-13-3-5-15(6-4-13)19(24)22-9-7-16(8-10-22)21-18-11-14(2)17(12-20-18)23(25)26/h3-6,11-12,16H,7-10H2,1-2H3,(H,20,21). The van der Waals surface area contributed by atoms with E-state index in [1.54, 1.807) is 13.0 Å². The Morgan fingerprint density at radius 1 is 1.23 bits per heavy atom. The van der Waals surface area contributed by atoms with Gasteiger partial charge in [0.2, 0.25) is 0 Å². The summed E-state index contributed by atoms with van der Waals surface area (Å²) in [5, 5.41) is 14.2. The maximum atomic E-state index is 12.6. The molecule has 1 aliphatic heterocycles. The maximum Gasteiger partial charge on any atom is 0.290 e. The second-order valence-electron chi connectivity index (χ2n) is 6.69. The van der Waals surface area contributed by atoms with E-state index in [9.17, 15) is 14.9 Å². The molecule has 0 saturated carbocycles. The molecule has 0 bridgehead atoms. The Morgan fingerprint density at radius 2 is 1.88 bits per heavy atom. The molecule has 7 nitrogen and oxygen atoms in total. The largest absolute Gasteiger partial charge is 0.367 e.